The molecule has 21 heavy (non-hydrogen) atoms. The number of nitrogens with two attached hydrogens (primary N) is 1. The van der Waals surface area contributed by atoms with Gasteiger partial charge in [-0.2, -0.15) is 0 Å². The van der Waals surface area contributed by atoms with Crippen molar-refractivity contribution in [2.45, 2.75) is 38.1 Å². The van der Waals surface area contributed by atoms with Crippen LogP contribution in [0.25, 0.3) is 0 Å². The SMILES string of the molecule is Cc1cc(N)c(C)c(S(=O)(=O)NC(C)Cc2ccco2)c1. The van der Waals surface area contributed by atoms with Crippen molar-refractivity contribution in [3.63, 3.8) is 0 Å². The fraction of sp³-hybridized carbons (Fsp3) is 0.333. The summed E-state index contributed by atoms with van der Waals surface area (Å²) in [5.74, 6) is 0.741. The number of sulfonamides is 1. The van der Waals surface area contributed by atoms with Crippen LogP contribution in [-0.2, 0) is 16.4 Å². The highest BCUT2D eigenvalue weighted by Gasteiger charge is 2.21. The van der Waals surface area contributed by atoms with Crippen LogP contribution in [0.5, 0.6) is 0 Å². The molecule has 5 nitrogen and oxygen atoms in total. The van der Waals surface area contributed by atoms with E-state index in [1.54, 1.807) is 38.3 Å². The fourth-order valence-corrected chi connectivity index (χ4v) is 3.83. The second-order valence-electron chi connectivity index (χ2n) is 5.28. The lowest BCUT2D eigenvalue weighted by molar-refractivity contribution is 0.479. The largest absolute Gasteiger partial charge is 0.469 e. The summed E-state index contributed by atoms with van der Waals surface area (Å²) in [5, 5.41) is 0. The van der Waals surface area contributed by atoms with E-state index in [0.29, 0.717) is 17.7 Å². The van der Waals surface area contributed by atoms with Gasteiger partial charge in [0.2, 0.25) is 10.0 Å². The zero-order valence-corrected chi connectivity index (χ0v) is 13.2. The predicted molar refractivity (Wildman–Crippen MR) is 82.5 cm³/mol. The molecule has 0 spiro atoms. The smallest absolute Gasteiger partial charge is 0.241 e. The van der Waals surface area contributed by atoms with Gasteiger partial charge in [0, 0.05) is 18.2 Å². The highest BCUT2D eigenvalue weighted by Crippen LogP contribution is 2.23. The standard InChI is InChI=1S/C15H20N2O3S/c1-10-7-14(16)12(3)15(8-10)21(18,19)17-11(2)9-13-5-4-6-20-13/h4-8,11,17H,9,16H2,1-3H3. The van der Waals surface area contributed by atoms with Crippen LogP contribution in [-0.4, -0.2) is 14.5 Å². The zero-order valence-electron chi connectivity index (χ0n) is 12.4. The zero-order chi connectivity index (χ0) is 15.6. The molecule has 1 heterocycles. The van der Waals surface area contributed by atoms with Gasteiger partial charge in [-0.1, -0.05) is 0 Å². The lowest BCUT2D eigenvalue weighted by Gasteiger charge is -2.16. The van der Waals surface area contributed by atoms with Gasteiger partial charge in [0.25, 0.3) is 0 Å². The van der Waals surface area contributed by atoms with Crippen LogP contribution in [0.3, 0.4) is 0 Å². The van der Waals surface area contributed by atoms with Crippen LogP contribution in [0.1, 0.15) is 23.8 Å². The number of nitrogen functional groups attached to an aromatic ring is 1. The molecule has 2 rings (SSSR count). The molecular weight excluding hydrogens is 288 g/mol. The van der Waals surface area contributed by atoms with Crippen molar-refractivity contribution in [1.29, 1.82) is 0 Å². The van der Waals surface area contributed by atoms with Gasteiger partial charge in [-0.25, -0.2) is 13.1 Å². The van der Waals surface area contributed by atoms with Crippen LogP contribution in [0.4, 0.5) is 5.69 Å². The van der Waals surface area contributed by atoms with Crippen LogP contribution in [0.2, 0.25) is 0 Å². The third-order valence-corrected chi connectivity index (χ3v) is 4.99. The maximum Gasteiger partial charge on any atom is 0.241 e. The number of hydrogen-bond acceptors (Lipinski definition) is 4. The first kappa shape index (κ1) is 15.6. The molecule has 6 heteroatoms. The Kier molecular flexibility index (Phi) is 4.39. The molecule has 0 amide bonds. The van der Waals surface area contributed by atoms with Crippen molar-refractivity contribution < 1.29 is 12.8 Å². The lowest BCUT2D eigenvalue weighted by atomic mass is 10.1. The highest BCUT2D eigenvalue weighted by molar-refractivity contribution is 7.89. The van der Waals surface area contributed by atoms with Gasteiger partial charge in [0.15, 0.2) is 0 Å². The Labute approximate surface area is 125 Å². The number of nitrogens with one attached hydrogen (secondary N) is 1. The molecule has 0 fully saturated rings. The number of furan rings is 1. The number of anilines is 1. The Morgan fingerprint density at radius 1 is 1.33 bits per heavy atom. The Hall–Kier alpha value is -1.79. The van der Waals surface area contributed by atoms with E-state index in [0.717, 1.165) is 11.3 Å². The van der Waals surface area contributed by atoms with Crippen LogP contribution in [0, 0.1) is 13.8 Å². The average Bonchev–Trinajstić information content (AvgIpc) is 2.85. The quantitative estimate of drug-likeness (QED) is 0.831. The second-order valence-corrected chi connectivity index (χ2v) is 6.97. The summed E-state index contributed by atoms with van der Waals surface area (Å²) in [7, 11) is -3.61. The van der Waals surface area contributed by atoms with Gasteiger partial charge in [0.05, 0.1) is 11.2 Å². The van der Waals surface area contributed by atoms with Crippen LogP contribution >= 0.6 is 0 Å². The van der Waals surface area contributed by atoms with Gasteiger partial charge in [0.1, 0.15) is 5.76 Å². The van der Waals surface area contributed by atoms with E-state index >= 15 is 0 Å². The molecule has 2 aromatic rings. The van der Waals surface area contributed by atoms with Crippen molar-refractivity contribution in [3.8, 4) is 0 Å². The Morgan fingerprint density at radius 2 is 2.05 bits per heavy atom. The van der Waals surface area contributed by atoms with Gasteiger partial charge >= 0.3 is 0 Å². The predicted octanol–water partition coefficient (Wildman–Crippen LogP) is 2.39. The molecule has 0 aliphatic rings. The van der Waals surface area contributed by atoms with Crippen molar-refractivity contribution in [1.82, 2.24) is 4.72 Å². The topological polar surface area (TPSA) is 85.3 Å². The van der Waals surface area contributed by atoms with Gasteiger partial charge in [-0.3, -0.25) is 0 Å². The minimum atomic E-state index is -3.61. The van der Waals surface area contributed by atoms with E-state index in [-0.39, 0.29) is 10.9 Å². The first-order chi connectivity index (χ1) is 9.79. The number of hydrogen-bond donors (Lipinski definition) is 2. The van der Waals surface area contributed by atoms with Gasteiger partial charge in [-0.15, -0.1) is 0 Å². The third-order valence-electron chi connectivity index (χ3n) is 3.28. The Bertz CT molecular complexity index is 722. The minimum absolute atomic E-state index is 0.228. The van der Waals surface area contributed by atoms with Crippen LogP contribution < -0.4 is 10.5 Å². The Morgan fingerprint density at radius 3 is 2.67 bits per heavy atom. The maximum absolute atomic E-state index is 12.5. The molecule has 0 radical (unpaired) electrons. The number of rotatable bonds is 5. The number of aryl methyl sites for hydroxylation is 1. The van der Waals surface area contributed by atoms with Gasteiger partial charge < -0.3 is 10.2 Å². The lowest BCUT2D eigenvalue weighted by Crippen LogP contribution is -2.34. The summed E-state index contributed by atoms with van der Waals surface area (Å²) < 4.78 is 32.9. The first-order valence-corrected chi connectivity index (χ1v) is 8.19. The molecule has 0 aliphatic heterocycles. The van der Waals surface area contributed by atoms with Gasteiger partial charge in [-0.05, 0) is 56.2 Å². The Balaban J connectivity index is 2.22. The fourth-order valence-electron chi connectivity index (χ4n) is 2.23. The summed E-state index contributed by atoms with van der Waals surface area (Å²) in [6.45, 7) is 5.33. The van der Waals surface area contributed by atoms with E-state index in [2.05, 4.69) is 4.72 Å². The maximum atomic E-state index is 12.5. The van der Waals surface area contributed by atoms with Crippen molar-refractivity contribution >= 4 is 15.7 Å². The monoisotopic (exact) mass is 308 g/mol. The van der Waals surface area contributed by atoms with Crippen LogP contribution in [0.15, 0.2) is 39.8 Å². The van der Waals surface area contributed by atoms with E-state index in [1.807, 2.05) is 13.0 Å². The molecule has 114 valence electrons. The highest BCUT2D eigenvalue weighted by atomic mass is 32.2. The molecular formula is C15H20N2O3S. The normalized spacial score (nSPS) is 13.3. The average molecular weight is 308 g/mol. The molecule has 0 saturated heterocycles. The summed E-state index contributed by atoms with van der Waals surface area (Å²) >= 11 is 0. The summed E-state index contributed by atoms with van der Waals surface area (Å²) in [5.41, 5.74) is 7.72. The second kappa shape index (κ2) is 5.91. The molecule has 0 saturated carbocycles. The van der Waals surface area contributed by atoms with E-state index in [1.165, 1.54) is 0 Å². The number of benzene rings is 1. The molecule has 1 atom stereocenters. The first-order valence-electron chi connectivity index (χ1n) is 6.71. The molecule has 0 bridgehead atoms. The summed E-state index contributed by atoms with van der Waals surface area (Å²) in [6, 6.07) is 6.72. The van der Waals surface area contributed by atoms with E-state index < -0.39 is 10.0 Å². The minimum Gasteiger partial charge on any atom is -0.469 e. The molecule has 1 aromatic heterocycles. The van der Waals surface area contributed by atoms with E-state index in [9.17, 15) is 8.42 Å². The molecule has 3 N–H and O–H groups in total. The van der Waals surface area contributed by atoms with Crippen molar-refractivity contribution in [2.75, 3.05) is 5.73 Å². The van der Waals surface area contributed by atoms with Crippen molar-refractivity contribution in [2.24, 2.45) is 0 Å². The summed E-state index contributed by atoms with van der Waals surface area (Å²) in [6.07, 6.45) is 2.06. The third kappa shape index (κ3) is 3.65. The van der Waals surface area contributed by atoms with Crippen molar-refractivity contribution in [3.05, 3.63) is 47.4 Å². The molecule has 1 aromatic carbocycles. The molecule has 1 unspecified atom stereocenters. The molecule has 0 aliphatic carbocycles. The summed E-state index contributed by atoms with van der Waals surface area (Å²) in [4.78, 5) is 0.228. The van der Waals surface area contributed by atoms with E-state index in [4.69, 9.17) is 10.2 Å².